The summed E-state index contributed by atoms with van der Waals surface area (Å²) in [5.41, 5.74) is 5.42. The maximum atomic E-state index is 11.4. The van der Waals surface area contributed by atoms with Crippen LogP contribution < -0.4 is 11.1 Å². The Morgan fingerprint density at radius 2 is 2.10 bits per heavy atom. The third-order valence-corrected chi connectivity index (χ3v) is 5.63. The number of amides is 1. The van der Waals surface area contributed by atoms with Crippen molar-refractivity contribution in [1.82, 2.24) is 15.1 Å². The molecule has 3 heterocycles. The predicted octanol–water partition coefficient (Wildman–Crippen LogP) is 2.13. The molecule has 0 radical (unpaired) electrons. The average Bonchev–Trinajstić information content (AvgIpc) is 3.14. The Labute approximate surface area is 196 Å². The number of piperidine rings is 1. The van der Waals surface area contributed by atoms with Crippen LogP contribution in [0, 0.1) is 12.8 Å². The van der Waals surface area contributed by atoms with Gasteiger partial charge in [-0.2, -0.15) is 0 Å². The zero-order valence-electron chi connectivity index (χ0n) is 18.1. The lowest BCUT2D eigenvalue weighted by Crippen LogP contribution is -2.47. The normalized spacial score (nSPS) is 21.7. The van der Waals surface area contributed by atoms with Gasteiger partial charge in [-0.3, -0.25) is 14.7 Å². The molecule has 0 aromatic carbocycles. The molecule has 2 unspecified atom stereocenters. The number of ether oxygens (including phenoxy) is 1. The van der Waals surface area contributed by atoms with Crippen LogP contribution in [0.1, 0.15) is 43.7 Å². The molecule has 0 aliphatic carbocycles. The van der Waals surface area contributed by atoms with Crippen molar-refractivity contribution in [2.75, 3.05) is 52.5 Å². The summed E-state index contributed by atoms with van der Waals surface area (Å²) in [6, 6.07) is 4.16. The monoisotopic (exact) mass is 533 g/mol. The van der Waals surface area contributed by atoms with E-state index in [9.17, 15) is 4.79 Å². The van der Waals surface area contributed by atoms with Gasteiger partial charge in [0.15, 0.2) is 5.96 Å². The fourth-order valence-corrected chi connectivity index (χ4v) is 4.21. The van der Waals surface area contributed by atoms with Crippen LogP contribution in [0.4, 0.5) is 0 Å². The number of hydrogen-bond acceptors (Lipinski definition) is 5. The second kappa shape index (κ2) is 12.5. The summed E-state index contributed by atoms with van der Waals surface area (Å²) in [5, 5.41) is 3.43. The van der Waals surface area contributed by atoms with Crippen molar-refractivity contribution in [3.8, 4) is 0 Å². The minimum absolute atomic E-state index is 0. The Bertz CT molecular complexity index is 690. The summed E-state index contributed by atoms with van der Waals surface area (Å²) in [5.74, 6) is 2.85. The van der Waals surface area contributed by atoms with E-state index in [1.165, 1.54) is 0 Å². The second-order valence-corrected chi connectivity index (χ2v) is 7.93. The summed E-state index contributed by atoms with van der Waals surface area (Å²) in [4.78, 5) is 21.0. The average molecular weight is 533 g/mol. The number of nitrogens with zero attached hydrogens (tertiary/aromatic N) is 3. The van der Waals surface area contributed by atoms with Crippen LogP contribution in [0.15, 0.2) is 21.5 Å². The number of hydrogen-bond donors (Lipinski definition) is 2. The van der Waals surface area contributed by atoms with E-state index < -0.39 is 0 Å². The number of halogens is 1. The van der Waals surface area contributed by atoms with Gasteiger partial charge in [0.1, 0.15) is 11.5 Å². The molecular formula is C21H36IN5O3. The fourth-order valence-electron chi connectivity index (χ4n) is 4.21. The summed E-state index contributed by atoms with van der Waals surface area (Å²) in [6.45, 7) is 10.5. The van der Waals surface area contributed by atoms with Crippen LogP contribution in [0.3, 0.4) is 0 Å². The molecule has 2 saturated heterocycles. The van der Waals surface area contributed by atoms with Gasteiger partial charge in [0, 0.05) is 39.1 Å². The van der Waals surface area contributed by atoms with Crippen molar-refractivity contribution in [3.05, 3.63) is 23.7 Å². The van der Waals surface area contributed by atoms with E-state index in [1.54, 1.807) is 0 Å². The Balaban J connectivity index is 0.00000320. The SMILES string of the molecule is CCNC(=NCC(c1ccc(C)o1)N1CCOCC1)N1CCCC(CC(N)=O)C1.I. The van der Waals surface area contributed by atoms with Crippen molar-refractivity contribution in [1.29, 1.82) is 0 Å². The molecule has 170 valence electrons. The molecule has 1 amide bonds. The lowest BCUT2D eigenvalue weighted by molar-refractivity contribution is -0.119. The quantitative estimate of drug-likeness (QED) is 0.317. The molecule has 2 atom stereocenters. The maximum Gasteiger partial charge on any atom is 0.217 e. The first-order chi connectivity index (χ1) is 14.1. The van der Waals surface area contributed by atoms with Crippen molar-refractivity contribution in [2.45, 2.75) is 39.2 Å². The van der Waals surface area contributed by atoms with Gasteiger partial charge in [-0.05, 0) is 44.7 Å². The van der Waals surface area contributed by atoms with Crippen molar-refractivity contribution < 1.29 is 13.9 Å². The molecule has 0 bridgehead atoms. The first-order valence-electron chi connectivity index (χ1n) is 10.8. The van der Waals surface area contributed by atoms with E-state index in [0.29, 0.717) is 18.9 Å². The largest absolute Gasteiger partial charge is 0.465 e. The van der Waals surface area contributed by atoms with E-state index in [0.717, 1.165) is 76.3 Å². The summed E-state index contributed by atoms with van der Waals surface area (Å²) in [6.07, 6.45) is 2.53. The fraction of sp³-hybridized carbons (Fsp3) is 0.714. The molecule has 3 N–H and O–H groups in total. The second-order valence-electron chi connectivity index (χ2n) is 7.93. The topological polar surface area (TPSA) is 96.3 Å². The molecule has 1 aromatic heterocycles. The molecule has 30 heavy (non-hydrogen) atoms. The van der Waals surface area contributed by atoms with Crippen LogP contribution in [-0.2, 0) is 9.53 Å². The molecule has 2 aliphatic rings. The number of likely N-dealkylation sites (tertiary alicyclic amines) is 1. The number of carbonyl (C=O) groups excluding carboxylic acids is 1. The molecule has 2 aliphatic heterocycles. The van der Waals surface area contributed by atoms with Crippen molar-refractivity contribution >= 4 is 35.8 Å². The first kappa shape index (κ1) is 24.9. The summed E-state index contributed by atoms with van der Waals surface area (Å²) < 4.78 is 11.5. The number of aliphatic imine (C=N–C) groups is 1. The molecule has 9 heteroatoms. The highest BCUT2D eigenvalue weighted by Crippen LogP contribution is 2.25. The van der Waals surface area contributed by atoms with Gasteiger partial charge in [0.25, 0.3) is 0 Å². The van der Waals surface area contributed by atoms with Gasteiger partial charge in [-0.1, -0.05) is 0 Å². The lowest BCUT2D eigenvalue weighted by Gasteiger charge is -2.36. The number of morpholine rings is 1. The van der Waals surface area contributed by atoms with E-state index in [-0.39, 0.29) is 35.9 Å². The molecule has 0 spiro atoms. The van der Waals surface area contributed by atoms with Crippen LogP contribution in [0.5, 0.6) is 0 Å². The number of furan rings is 1. The van der Waals surface area contributed by atoms with E-state index in [4.69, 9.17) is 19.9 Å². The van der Waals surface area contributed by atoms with Crippen LogP contribution in [-0.4, -0.2) is 74.1 Å². The smallest absolute Gasteiger partial charge is 0.217 e. The van der Waals surface area contributed by atoms with Gasteiger partial charge in [0.2, 0.25) is 5.91 Å². The van der Waals surface area contributed by atoms with Crippen LogP contribution in [0.2, 0.25) is 0 Å². The van der Waals surface area contributed by atoms with Gasteiger partial charge >= 0.3 is 0 Å². The zero-order chi connectivity index (χ0) is 20.6. The molecule has 3 rings (SSSR count). The number of nitrogens with one attached hydrogen (secondary N) is 1. The standard InChI is InChI=1S/C21H35N5O3.HI/c1-3-23-21(26-8-4-5-17(15-26)13-20(22)27)24-14-18(19-7-6-16(2)29-19)25-9-11-28-12-10-25;/h6-7,17-18H,3-5,8-15H2,1-2H3,(H2,22,27)(H,23,24);1H. The highest BCUT2D eigenvalue weighted by molar-refractivity contribution is 14.0. The molecule has 1 aromatic rings. The lowest BCUT2D eigenvalue weighted by atomic mass is 9.95. The predicted molar refractivity (Wildman–Crippen MR) is 128 cm³/mol. The number of nitrogens with two attached hydrogens (primary N) is 1. The van der Waals surface area contributed by atoms with Gasteiger partial charge in [0.05, 0.1) is 25.8 Å². The van der Waals surface area contributed by atoms with E-state index in [2.05, 4.69) is 28.1 Å². The van der Waals surface area contributed by atoms with Crippen LogP contribution >= 0.6 is 24.0 Å². The summed E-state index contributed by atoms with van der Waals surface area (Å²) in [7, 11) is 0. The number of guanidine groups is 1. The number of aryl methyl sites for hydroxylation is 1. The van der Waals surface area contributed by atoms with Gasteiger partial charge in [-0.15, -0.1) is 24.0 Å². The molecule has 2 fully saturated rings. The molecular weight excluding hydrogens is 497 g/mol. The summed E-state index contributed by atoms with van der Waals surface area (Å²) >= 11 is 0. The first-order valence-corrected chi connectivity index (χ1v) is 10.8. The highest BCUT2D eigenvalue weighted by atomic mass is 127. The van der Waals surface area contributed by atoms with Gasteiger partial charge in [-0.25, -0.2) is 0 Å². The minimum atomic E-state index is -0.223. The molecule has 0 saturated carbocycles. The minimum Gasteiger partial charge on any atom is -0.465 e. The third-order valence-electron chi connectivity index (χ3n) is 5.63. The number of rotatable bonds is 7. The number of primary amides is 1. The van der Waals surface area contributed by atoms with Gasteiger partial charge < -0.3 is 25.1 Å². The Morgan fingerprint density at radius 1 is 1.33 bits per heavy atom. The van der Waals surface area contributed by atoms with Crippen LogP contribution in [0.25, 0.3) is 0 Å². The highest BCUT2D eigenvalue weighted by Gasteiger charge is 2.27. The van der Waals surface area contributed by atoms with E-state index in [1.807, 2.05) is 13.0 Å². The zero-order valence-corrected chi connectivity index (χ0v) is 20.5. The van der Waals surface area contributed by atoms with E-state index >= 15 is 0 Å². The molecule has 8 nitrogen and oxygen atoms in total. The number of carbonyl (C=O) groups is 1. The Hall–Kier alpha value is -1.33. The third kappa shape index (κ3) is 7.12. The van der Waals surface area contributed by atoms with Crippen molar-refractivity contribution in [2.24, 2.45) is 16.6 Å². The van der Waals surface area contributed by atoms with Crippen molar-refractivity contribution in [3.63, 3.8) is 0 Å². The Morgan fingerprint density at radius 3 is 2.73 bits per heavy atom. The Kier molecular flexibility index (Phi) is 10.4. The maximum absolute atomic E-state index is 11.4.